The molecule has 0 bridgehead atoms. The van der Waals surface area contributed by atoms with Gasteiger partial charge in [-0.2, -0.15) is 0 Å². The van der Waals surface area contributed by atoms with Gasteiger partial charge in [-0.15, -0.1) is 0 Å². The lowest BCUT2D eigenvalue weighted by Gasteiger charge is -2.37. The van der Waals surface area contributed by atoms with Crippen LogP contribution in [0.3, 0.4) is 0 Å². The van der Waals surface area contributed by atoms with Crippen LogP contribution < -0.4 is 4.90 Å². The zero-order valence-electron chi connectivity index (χ0n) is 12.1. The predicted molar refractivity (Wildman–Crippen MR) is 83.8 cm³/mol. The van der Waals surface area contributed by atoms with Crippen LogP contribution in [0.15, 0.2) is 11.2 Å². The Bertz CT molecular complexity index is 458. The van der Waals surface area contributed by atoms with E-state index in [1.165, 1.54) is 11.8 Å². The number of nitrogens with zero attached hydrogens (tertiary/aromatic N) is 4. The van der Waals surface area contributed by atoms with E-state index in [4.69, 9.17) is 11.6 Å². The normalized spacial score (nSPS) is 17.6. The van der Waals surface area contributed by atoms with Crippen molar-refractivity contribution >= 4 is 29.2 Å². The summed E-state index contributed by atoms with van der Waals surface area (Å²) in [4.78, 5) is 13.1. The van der Waals surface area contributed by atoms with E-state index in [1.54, 1.807) is 0 Å². The molecule has 1 aliphatic rings. The first-order valence-corrected chi connectivity index (χ1v) is 8.26. The molecule has 7 heteroatoms. The number of aromatic nitrogens is 2. The largest absolute Gasteiger partial charge is 0.389 e. The van der Waals surface area contributed by atoms with Gasteiger partial charge >= 0.3 is 0 Å². The lowest BCUT2D eigenvalue weighted by molar-refractivity contribution is 0.0344. The fourth-order valence-electron chi connectivity index (χ4n) is 2.32. The molecular formula is C13H21ClN4OS. The van der Waals surface area contributed by atoms with E-state index >= 15 is 0 Å². The number of aliphatic hydroxyl groups is 1. The van der Waals surface area contributed by atoms with E-state index in [0.29, 0.717) is 16.9 Å². The second-order valence-electron chi connectivity index (χ2n) is 5.61. The molecule has 0 atom stereocenters. The molecule has 1 N–H and O–H groups in total. The molecule has 0 aromatic carbocycles. The molecule has 1 aromatic heterocycles. The molecule has 5 nitrogen and oxygen atoms in total. The molecule has 0 saturated carbocycles. The molecule has 20 heavy (non-hydrogen) atoms. The van der Waals surface area contributed by atoms with E-state index in [0.717, 1.165) is 32.0 Å². The molecule has 2 rings (SSSR count). The first kappa shape index (κ1) is 15.8. The number of β-amino-alcohol motifs (C(OH)–C–C–N with tert-alkyl or cyclic N) is 1. The molecule has 0 aliphatic carbocycles. The Hall–Kier alpha value is -0.560. The summed E-state index contributed by atoms with van der Waals surface area (Å²) < 4.78 is 0. The van der Waals surface area contributed by atoms with Crippen LogP contribution in [0.2, 0.25) is 5.15 Å². The van der Waals surface area contributed by atoms with Gasteiger partial charge in [0.15, 0.2) is 5.16 Å². The van der Waals surface area contributed by atoms with Crippen molar-refractivity contribution in [2.24, 2.45) is 0 Å². The zero-order chi connectivity index (χ0) is 14.8. The van der Waals surface area contributed by atoms with E-state index < -0.39 is 5.60 Å². The number of anilines is 1. The van der Waals surface area contributed by atoms with Crippen molar-refractivity contribution in [3.05, 3.63) is 11.2 Å². The minimum atomic E-state index is -0.646. The fourth-order valence-corrected chi connectivity index (χ4v) is 2.92. The Morgan fingerprint density at radius 3 is 2.50 bits per heavy atom. The number of piperazine rings is 1. The Morgan fingerprint density at radius 2 is 1.95 bits per heavy atom. The highest BCUT2D eigenvalue weighted by Crippen LogP contribution is 2.21. The standard InChI is InChI=1S/C13H21ClN4OS/c1-13(2,19)9-17-4-6-18(7-5-17)11-8-10(14)15-12(16-11)20-3/h8,19H,4-7,9H2,1-3H3. The molecule has 0 amide bonds. The Balaban J connectivity index is 1.98. The summed E-state index contributed by atoms with van der Waals surface area (Å²) in [5.41, 5.74) is -0.646. The van der Waals surface area contributed by atoms with Gasteiger partial charge in [-0.05, 0) is 20.1 Å². The summed E-state index contributed by atoms with van der Waals surface area (Å²) in [5, 5.41) is 11.0. The maximum atomic E-state index is 9.86. The zero-order valence-corrected chi connectivity index (χ0v) is 13.7. The van der Waals surface area contributed by atoms with Gasteiger partial charge in [0.25, 0.3) is 0 Å². The van der Waals surface area contributed by atoms with Crippen molar-refractivity contribution in [2.75, 3.05) is 43.9 Å². The van der Waals surface area contributed by atoms with Gasteiger partial charge in [-0.3, -0.25) is 4.90 Å². The lowest BCUT2D eigenvalue weighted by atomic mass is 10.1. The quantitative estimate of drug-likeness (QED) is 0.519. The van der Waals surface area contributed by atoms with E-state index in [2.05, 4.69) is 19.8 Å². The molecule has 2 heterocycles. The van der Waals surface area contributed by atoms with E-state index in [-0.39, 0.29) is 0 Å². The van der Waals surface area contributed by atoms with Crippen molar-refractivity contribution in [1.29, 1.82) is 0 Å². The predicted octanol–water partition coefficient (Wildman–Crippen LogP) is 1.74. The van der Waals surface area contributed by atoms with Crippen LogP contribution in [0.25, 0.3) is 0 Å². The summed E-state index contributed by atoms with van der Waals surface area (Å²) in [5.74, 6) is 0.886. The number of hydrogen-bond acceptors (Lipinski definition) is 6. The average Bonchev–Trinajstić information content (AvgIpc) is 2.37. The smallest absolute Gasteiger partial charge is 0.190 e. The summed E-state index contributed by atoms with van der Waals surface area (Å²) in [6.45, 7) is 7.99. The molecule has 1 saturated heterocycles. The highest BCUT2D eigenvalue weighted by atomic mass is 35.5. The number of rotatable bonds is 4. The second kappa shape index (κ2) is 6.47. The molecule has 1 aliphatic heterocycles. The fraction of sp³-hybridized carbons (Fsp3) is 0.692. The minimum absolute atomic E-state index is 0.485. The van der Waals surface area contributed by atoms with Gasteiger partial charge in [0.05, 0.1) is 5.60 Å². The van der Waals surface area contributed by atoms with Crippen LogP contribution in [0.5, 0.6) is 0 Å². The Morgan fingerprint density at radius 1 is 1.30 bits per heavy atom. The van der Waals surface area contributed by atoms with Crippen molar-refractivity contribution < 1.29 is 5.11 Å². The maximum absolute atomic E-state index is 9.86. The first-order chi connectivity index (χ1) is 9.37. The van der Waals surface area contributed by atoms with Crippen molar-refractivity contribution in [3.8, 4) is 0 Å². The average molecular weight is 317 g/mol. The topological polar surface area (TPSA) is 52.5 Å². The summed E-state index contributed by atoms with van der Waals surface area (Å²) in [6.07, 6.45) is 1.94. The summed E-state index contributed by atoms with van der Waals surface area (Å²) in [6, 6.07) is 1.81. The van der Waals surface area contributed by atoms with E-state index in [1.807, 2.05) is 26.2 Å². The third-order valence-electron chi connectivity index (χ3n) is 3.15. The lowest BCUT2D eigenvalue weighted by Crippen LogP contribution is -2.50. The van der Waals surface area contributed by atoms with Gasteiger partial charge in [0.2, 0.25) is 0 Å². The maximum Gasteiger partial charge on any atom is 0.190 e. The summed E-state index contributed by atoms with van der Waals surface area (Å²) in [7, 11) is 0. The monoisotopic (exact) mass is 316 g/mol. The minimum Gasteiger partial charge on any atom is -0.389 e. The Labute approximate surface area is 129 Å². The summed E-state index contributed by atoms with van der Waals surface area (Å²) >= 11 is 7.52. The van der Waals surface area contributed by atoms with Crippen LogP contribution >= 0.6 is 23.4 Å². The van der Waals surface area contributed by atoms with Gasteiger partial charge in [0, 0.05) is 38.8 Å². The van der Waals surface area contributed by atoms with Crippen LogP contribution in [0.4, 0.5) is 5.82 Å². The van der Waals surface area contributed by atoms with Crippen molar-refractivity contribution in [3.63, 3.8) is 0 Å². The van der Waals surface area contributed by atoms with Gasteiger partial charge in [-0.25, -0.2) is 9.97 Å². The number of halogens is 1. The van der Waals surface area contributed by atoms with Gasteiger partial charge < -0.3 is 10.0 Å². The molecule has 0 spiro atoms. The first-order valence-electron chi connectivity index (χ1n) is 6.66. The van der Waals surface area contributed by atoms with E-state index in [9.17, 15) is 5.11 Å². The second-order valence-corrected chi connectivity index (χ2v) is 6.77. The van der Waals surface area contributed by atoms with Crippen LogP contribution in [-0.4, -0.2) is 64.6 Å². The van der Waals surface area contributed by atoms with Gasteiger partial charge in [0.1, 0.15) is 11.0 Å². The molecule has 112 valence electrons. The highest BCUT2D eigenvalue weighted by molar-refractivity contribution is 7.98. The SMILES string of the molecule is CSc1nc(Cl)cc(N2CCN(CC(C)(C)O)CC2)n1. The van der Waals surface area contributed by atoms with Crippen molar-refractivity contribution in [1.82, 2.24) is 14.9 Å². The Kier molecular flexibility index (Phi) is 5.12. The molecule has 1 aromatic rings. The van der Waals surface area contributed by atoms with Crippen LogP contribution in [0.1, 0.15) is 13.8 Å². The molecule has 0 radical (unpaired) electrons. The third-order valence-corrected chi connectivity index (χ3v) is 3.89. The highest BCUT2D eigenvalue weighted by Gasteiger charge is 2.23. The van der Waals surface area contributed by atoms with Crippen molar-refractivity contribution in [2.45, 2.75) is 24.6 Å². The van der Waals surface area contributed by atoms with Crippen LogP contribution in [0, 0.1) is 0 Å². The molecule has 0 unspecified atom stereocenters. The molecular weight excluding hydrogens is 296 g/mol. The number of hydrogen-bond donors (Lipinski definition) is 1. The molecule has 1 fully saturated rings. The van der Waals surface area contributed by atoms with Gasteiger partial charge in [-0.1, -0.05) is 23.4 Å². The van der Waals surface area contributed by atoms with Crippen LogP contribution in [-0.2, 0) is 0 Å². The number of thioether (sulfide) groups is 1. The third kappa shape index (κ3) is 4.48.